The third-order valence-corrected chi connectivity index (χ3v) is 6.33. The molecule has 9 nitrogen and oxygen atoms in total. The van der Waals surface area contributed by atoms with E-state index < -0.39 is 5.97 Å². The summed E-state index contributed by atoms with van der Waals surface area (Å²) in [6, 6.07) is 2.27. The van der Waals surface area contributed by atoms with E-state index in [2.05, 4.69) is 46.6 Å². The van der Waals surface area contributed by atoms with E-state index in [9.17, 15) is 4.79 Å². The van der Waals surface area contributed by atoms with Gasteiger partial charge in [-0.3, -0.25) is 9.88 Å². The predicted molar refractivity (Wildman–Crippen MR) is 133 cm³/mol. The van der Waals surface area contributed by atoms with Crippen LogP contribution in [-0.4, -0.2) is 75.2 Å². The van der Waals surface area contributed by atoms with Crippen LogP contribution in [0.15, 0.2) is 24.7 Å². The molecule has 2 aromatic heterocycles. The Bertz CT molecular complexity index is 905. The zero-order chi connectivity index (χ0) is 24.6. The van der Waals surface area contributed by atoms with E-state index >= 15 is 0 Å². The van der Waals surface area contributed by atoms with Crippen molar-refractivity contribution >= 4 is 11.8 Å². The van der Waals surface area contributed by atoms with Crippen LogP contribution in [0.25, 0.3) is 0 Å². The van der Waals surface area contributed by atoms with Crippen molar-refractivity contribution in [3.05, 3.63) is 41.9 Å². The number of carboxylic acid groups (broad SMARTS) is 1. The molecule has 0 atom stereocenters. The first-order chi connectivity index (χ1) is 16.3. The third kappa shape index (κ3) is 7.43. The Kier molecular flexibility index (Phi) is 9.29. The van der Waals surface area contributed by atoms with E-state index in [1.807, 2.05) is 0 Å². The van der Waals surface area contributed by atoms with Crippen LogP contribution in [0.1, 0.15) is 80.8 Å². The number of carboxylic acids is 1. The van der Waals surface area contributed by atoms with Gasteiger partial charge in [0.05, 0.1) is 6.20 Å². The number of aromatic nitrogens is 4. The Morgan fingerprint density at radius 2 is 1.85 bits per heavy atom. The monoisotopic (exact) mass is 469 g/mol. The average molecular weight is 470 g/mol. The molecule has 2 aliphatic rings. The minimum absolute atomic E-state index is 0.00144. The first-order valence-corrected chi connectivity index (χ1v) is 12.3. The molecule has 1 saturated heterocycles. The molecule has 0 amide bonds. The molecule has 0 aromatic carbocycles. The van der Waals surface area contributed by atoms with Crippen molar-refractivity contribution in [2.24, 2.45) is 5.73 Å². The van der Waals surface area contributed by atoms with Crippen molar-refractivity contribution in [1.82, 2.24) is 24.8 Å². The number of rotatable bonds is 7. The number of nitrogens with zero attached hydrogens (tertiary/aromatic N) is 6. The maximum atomic E-state index is 10.1. The van der Waals surface area contributed by atoms with Crippen LogP contribution in [0.2, 0.25) is 0 Å². The highest BCUT2D eigenvalue weighted by Crippen LogP contribution is 2.37. The lowest BCUT2D eigenvalue weighted by atomic mass is 9.82. The number of nitrogens with two attached hydrogens (primary N) is 1. The van der Waals surface area contributed by atoms with Crippen LogP contribution in [0.5, 0.6) is 0 Å². The molecule has 34 heavy (non-hydrogen) atoms. The van der Waals surface area contributed by atoms with Gasteiger partial charge in [-0.05, 0) is 38.8 Å². The fourth-order valence-electron chi connectivity index (χ4n) is 3.95. The summed E-state index contributed by atoms with van der Waals surface area (Å²) < 4.78 is 0. The topological polar surface area (TPSA) is 121 Å². The molecular weight excluding hydrogens is 430 g/mol. The van der Waals surface area contributed by atoms with Gasteiger partial charge in [0.1, 0.15) is 11.6 Å². The van der Waals surface area contributed by atoms with E-state index in [0.29, 0.717) is 5.92 Å². The number of hydrogen-bond donors (Lipinski definition) is 2. The van der Waals surface area contributed by atoms with Gasteiger partial charge in [0.25, 0.3) is 0 Å². The first-order valence-electron chi connectivity index (χ1n) is 12.3. The number of unbranched alkanes of at least 4 members (excludes halogenated alkanes) is 1. The van der Waals surface area contributed by atoms with Crippen molar-refractivity contribution in [3.63, 3.8) is 0 Å². The minimum atomic E-state index is -1.05. The summed E-state index contributed by atoms with van der Waals surface area (Å²) in [6.07, 6.45) is 10.2. The minimum Gasteiger partial charge on any atom is -0.476 e. The van der Waals surface area contributed by atoms with Crippen LogP contribution < -0.4 is 10.6 Å². The molecule has 9 heteroatoms. The number of hydrogen-bond acceptors (Lipinski definition) is 8. The van der Waals surface area contributed by atoms with Crippen molar-refractivity contribution in [2.75, 3.05) is 44.2 Å². The Morgan fingerprint density at radius 1 is 1.12 bits per heavy atom. The van der Waals surface area contributed by atoms with Gasteiger partial charge in [-0.1, -0.05) is 27.2 Å². The standard InChI is InChI=1S/C20H35N5.C5H4N2O2/c1-20(2,3)19-22-17(16-7-6-8-16)15-18(23-19)25-13-11-24(12-14-25)10-5-4-9-21;8-5(9)4-3-6-1-2-7-4/h15-16H,4-14,21H2,1-3H3;1-3H,(H,8,9). The molecule has 3 N–H and O–H groups in total. The second kappa shape index (κ2) is 12.2. The van der Waals surface area contributed by atoms with Crippen molar-refractivity contribution in [3.8, 4) is 0 Å². The van der Waals surface area contributed by atoms with Crippen molar-refractivity contribution < 1.29 is 9.90 Å². The summed E-state index contributed by atoms with van der Waals surface area (Å²) in [7, 11) is 0. The molecule has 0 radical (unpaired) electrons. The van der Waals surface area contributed by atoms with Gasteiger partial charge in [0.15, 0.2) is 5.69 Å². The summed E-state index contributed by atoms with van der Waals surface area (Å²) in [5.41, 5.74) is 6.84. The first kappa shape index (κ1) is 26.0. The summed E-state index contributed by atoms with van der Waals surface area (Å²) in [5.74, 6) is 1.74. The van der Waals surface area contributed by atoms with Crippen LogP contribution in [-0.2, 0) is 5.41 Å². The summed E-state index contributed by atoms with van der Waals surface area (Å²) in [4.78, 5) is 32.1. The van der Waals surface area contributed by atoms with Gasteiger partial charge >= 0.3 is 5.97 Å². The zero-order valence-corrected chi connectivity index (χ0v) is 20.8. The number of carbonyl (C=O) groups is 1. The number of aromatic carboxylic acids is 1. The Balaban J connectivity index is 0.000000302. The lowest BCUT2D eigenvalue weighted by Crippen LogP contribution is -2.47. The highest BCUT2D eigenvalue weighted by molar-refractivity contribution is 5.84. The molecule has 1 aliphatic heterocycles. The molecule has 0 bridgehead atoms. The largest absolute Gasteiger partial charge is 0.476 e. The van der Waals surface area contributed by atoms with Crippen molar-refractivity contribution in [1.29, 1.82) is 0 Å². The van der Waals surface area contributed by atoms with Gasteiger partial charge in [0.2, 0.25) is 0 Å². The molecule has 0 spiro atoms. The predicted octanol–water partition coefficient (Wildman–Crippen LogP) is 3.08. The second-order valence-corrected chi connectivity index (χ2v) is 10.1. The summed E-state index contributed by atoms with van der Waals surface area (Å²) in [5, 5.41) is 8.28. The average Bonchev–Trinajstić information content (AvgIpc) is 2.79. The Hall–Kier alpha value is -2.65. The zero-order valence-electron chi connectivity index (χ0n) is 20.8. The summed E-state index contributed by atoms with van der Waals surface area (Å²) in [6.45, 7) is 13.0. The fraction of sp³-hybridized carbons (Fsp3) is 0.640. The van der Waals surface area contributed by atoms with E-state index in [0.717, 1.165) is 50.8 Å². The van der Waals surface area contributed by atoms with Gasteiger partial charge in [0, 0.05) is 61.7 Å². The molecule has 0 unspecified atom stereocenters. The van der Waals surface area contributed by atoms with Crippen LogP contribution >= 0.6 is 0 Å². The molecule has 4 rings (SSSR count). The smallest absolute Gasteiger partial charge is 0.356 e. The Morgan fingerprint density at radius 3 is 2.35 bits per heavy atom. The van der Waals surface area contributed by atoms with Crippen LogP contribution in [0, 0.1) is 0 Å². The highest BCUT2D eigenvalue weighted by atomic mass is 16.4. The van der Waals surface area contributed by atoms with Crippen molar-refractivity contribution in [2.45, 2.75) is 64.2 Å². The fourth-order valence-corrected chi connectivity index (χ4v) is 3.95. The van der Waals surface area contributed by atoms with Crippen LogP contribution in [0.4, 0.5) is 5.82 Å². The summed E-state index contributed by atoms with van der Waals surface area (Å²) >= 11 is 0. The number of piperazine rings is 1. The van der Waals surface area contributed by atoms with E-state index in [-0.39, 0.29) is 11.1 Å². The van der Waals surface area contributed by atoms with E-state index in [1.54, 1.807) is 0 Å². The molecule has 1 aliphatic carbocycles. The normalized spacial score (nSPS) is 17.0. The van der Waals surface area contributed by atoms with Crippen LogP contribution in [0.3, 0.4) is 0 Å². The van der Waals surface area contributed by atoms with E-state index in [1.165, 1.54) is 56.5 Å². The SMILES string of the molecule is CC(C)(C)c1nc(C2CCC2)cc(N2CCN(CCCCN)CC2)n1.O=C(O)c1cnccn1. The van der Waals surface area contributed by atoms with Gasteiger partial charge < -0.3 is 15.7 Å². The molecule has 2 aromatic rings. The lowest BCUT2D eigenvalue weighted by Gasteiger charge is -2.36. The maximum Gasteiger partial charge on any atom is 0.356 e. The molecular formula is C25H39N7O2. The second-order valence-electron chi connectivity index (χ2n) is 10.1. The lowest BCUT2D eigenvalue weighted by molar-refractivity contribution is 0.0690. The van der Waals surface area contributed by atoms with Gasteiger partial charge in [-0.2, -0.15) is 0 Å². The number of anilines is 1. The highest BCUT2D eigenvalue weighted by Gasteiger charge is 2.27. The quantitative estimate of drug-likeness (QED) is 0.589. The van der Waals surface area contributed by atoms with E-state index in [4.69, 9.17) is 20.8 Å². The molecule has 1 saturated carbocycles. The molecule has 2 fully saturated rings. The van der Waals surface area contributed by atoms with Gasteiger partial charge in [-0.25, -0.2) is 19.7 Å². The molecule has 3 heterocycles. The Labute approximate surface area is 202 Å². The molecule has 186 valence electrons. The third-order valence-electron chi connectivity index (χ3n) is 6.33. The van der Waals surface area contributed by atoms with Gasteiger partial charge in [-0.15, -0.1) is 0 Å². The maximum absolute atomic E-state index is 10.1.